The molecule has 0 spiro atoms. The number of rotatable bonds is 4. The lowest BCUT2D eigenvalue weighted by Crippen LogP contribution is -2.24. The standard InChI is InChI=1S/C16H13ClN2O5S/c1-10-2-5-12(6-3-10)25(22,23)16-15(24-9-18-16)11-4-7-14(19(20)21)13(17)8-11/h2-9,15-16H,1H3. The highest BCUT2D eigenvalue weighted by atomic mass is 35.5. The van der Waals surface area contributed by atoms with E-state index < -0.39 is 26.2 Å². The van der Waals surface area contributed by atoms with Crippen LogP contribution in [0.3, 0.4) is 0 Å². The maximum Gasteiger partial charge on any atom is 0.287 e. The Bertz CT molecular complexity index is 957. The van der Waals surface area contributed by atoms with E-state index in [-0.39, 0.29) is 15.6 Å². The second kappa shape index (κ2) is 6.45. The summed E-state index contributed by atoms with van der Waals surface area (Å²) < 4.78 is 31.0. The first-order valence-electron chi connectivity index (χ1n) is 7.22. The Morgan fingerprint density at radius 1 is 1.20 bits per heavy atom. The summed E-state index contributed by atoms with van der Waals surface area (Å²) in [7, 11) is -3.79. The van der Waals surface area contributed by atoms with Gasteiger partial charge in [-0.3, -0.25) is 10.1 Å². The van der Waals surface area contributed by atoms with Crippen molar-refractivity contribution in [3.05, 3.63) is 68.7 Å². The Hall–Kier alpha value is -2.45. The largest absolute Gasteiger partial charge is 0.472 e. The van der Waals surface area contributed by atoms with Crippen molar-refractivity contribution in [3.63, 3.8) is 0 Å². The molecule has 0 radical (unpaired) electrons. The first-order chi connectivity index (χ1) is 11.8. The Kier molecular flexibility index (Phi) is 4.49. The Balaban J connectivity index is 1.97. The molecule has 1 aliphatic heterocycles. The number of hydrogen-bond donors (Lipinski definition) is 0. The number of benzene rings is 2. The SMILES string of the molecule is Cc1ccc(S(=O)(=O)C2N=COC2c2ccc([N+](=O)[O-])c(Cl)c2)cc1. The second-order valence-corrected chi connectivity index (χ2v) is 7.98. The van der Waals surface area contributed by atoms with Gasteiger partial charge in [-0.2, -0.15) is 0 Å². The third kappa shape index (κ3) is 3.22. The molecule has 130 valence electrons. The number of ether oxygens (including phenoxy) is 1. The van der Waals surface area contributed by atoms with E-state index in [9.17, 15) is 18.5 Å². The lowest BCUT2D eigenvalue weighted by molar-refractivity contribution is -0.384. The lowest BCUT2D eigenvalue weighted by atomic mass is 10.1. The smallest absolute Gasteiger partial charge is 0.287 e. The van der Waals surface area contributed by atoms with Crippen molar-refractivity contribution in [2.75, 3.05) is 0 Å². The fraction of sp³-hybridized carbons (Fsp3) is 0.188. The summed E-state index contributed by atoms with van der Waals surface area (Å²) in [4.78, 5) is 14.3. The highest BCUT2D eigenvalue weighted by molar-refractivity contribution is 7.92. The molecule has 2 unspecified atom stereocenters. The van der Waals surface area contributed by atoms with Crippen LogP contribution in [0, 0.1) is 17.0 Å². The summed E-state index contributed by atoms with van der Waals surface area (Å²) >= 11 is 5.91. The van der Waals surface area contributed by atoms with Gasteiger partial charge in [-0.05, 0) is 36.8 Å². The molecule has 2 aromatic carbocycles. The predicted molar refractivity (Wildman–Crippen MR) is 92.6 cm³/mol. The van der Waals surface area contributed by atoms with E-state index in [0.29, 0.717) is 5.56 Å². The molecule has 3 rings (SSSR count). The average Bonchev–Trinajstić information content (AvgIpc) is 3.05. The summed E-state index contributed by atoms with van der Waals surface area (Å²) in [5.74, 6) is 0. The van der Waals surface area contributed by atoms with Gasteiger partial charge in [0.25, 0.3) is 5.69 Å². The third-order valence-electron chi connectivity index (χ3n) is 3.84. The number of nitrogens with zero attached hydrogens (tertiary/aromatic N) is 2. The highest BCUT2D eigenvalue weighted by Gasteiger charge is 2.40. The van der Waals surface area contributed by atoms with Gasteiger partial charge >= 0.3 is 0 Å². The normalized spacial score (nSPS) is 19.6. The Labute approximate surface area is 149 Å². The van der Waals surface area contributed by atoms with E-state index in [1.54, 1.807) is 12.1 Å². The molecule has 1 heterocycles. The van der Waals surface area contributed by atoms with Gasteiger partial charge in [0.1, 0.15) is 5.02 Å². The van der Waals surface area contributed by atoms with E-state index >= 15 is 0 Å². The fourth-order valence-corrected chi connectivity index (χ4v) is 4.32. The fourth-order valence-electron chi connectivity index (χ4n) is 2.51. The van der Waals surface area contributed by atoms with Gasteiger partial charge < -0.3 is 4.74 Å². The van der Waals surface area contributed by atoms with Gasteiger partial charge in [-0.1, -0.05) is 29.3 Å². The van der Waals surface area contributed by atoms with Gasteiger partial charge in [-0.15, -0.1) is 0 Å². The van der Waals surface area contributed by atoms with Crippen molar-refractivity contribution in [1.82, 2.24) is 0 Å². The van der Waals surface area contributed by atoms with Crippen molar-refractivity contribution in [3.8, 4) is 0 Å². The number of aliphatic imine (C=N–C) groups is 1. The molecular weight excluding hydrogens is 368 g/mol. The number of nitro groups is 1. The Morgan fingerprint density at radius 3 is 2.48 bits per heavy atom. The topological polar surface area (TPSA) is 98.9 Å². The molecule has 7 nitrogen and oxygen atoms in total. The maximum absolute atomic E-state index is 12.9. The number of nitro benzene ring substituents is 1. The van der Waals surface area contributed by atoms with E-state index in [1.165, 1.54) is 30.3 Å². The summed E-state index contributed by atoms with van der Waals surface area (Å²) in [6.45, 7) is 1.86. The molecule has 0 amide bonds. The number of sulfone groups is 1. The lowest BCUT2D eigenvalue weighted by Gasteiger charge is -2.18. The minimum Gasteiger partial charge on any atom is -0.472 e. The Morgan fingerprint density at radius 2 is 1.88 bits per heavy atom. The van der Waals surface area contributed by atoms with Gasteiger partial charge in [0.2, 0.25) is 9.84 Å². The van der Waals surface area contributed by atoms with Crippen LogP contribution in [0.25, 0.3) is 0 Å². The second-order valence-electron chi connectivity index (χ2n) is 5.53. The molecule has 2 aromatic rings. The van der Waals surface area contributed by atoms with Crippen molar-refractivity contribution in [1.29, 1.82) is 0 Å². The predicted octanol–water partition coefficient (Wildman–Crippen LogP) is 3.46. The molecular formula is C16H13ClN2O5S. The maximum atomic E-state index is 12.9. The molecule has 25 heavy (non-hydrogen) atoms. The van der Waals surface area contributed by atoms with Crippen molar-refractivity contribution in [2.24, 2.45) is 4.99 Å². The van der Waals surface area contributed by atoms with Crippen molar-refractivity contribution in [2.45, 2.75) is 23.3 Å². The molecule has 0 saturated carbocycles. The number of halogens is 1. The summed E-state index contributed by atoms with van der Waals surface area (Å²) in [6, 6.07) is 10.4. The van der Waals surface area contributed by atoms with Gasteiger partial charge in [0.15, 0.2) is 17.9 Å². The van der Waals surface area contributed by atoms with Gasteiger partial charge in [0.05, 0.1) is 9.82 Å². The van der Waals surface area contributed by atoms with Crippen LogP contribution in [0.4, 0.5) is 5.69 Å². The summed E-state index contributed by atoms with van der Waals surface area (Å²) in [5.41, 5.74) is 1.07. The first-order valence-corrected chi connectivity index (χ1v) is 9.14. The minimum absolute atomic E-state index is 0.0931. The van der Waals surface area contributed by atoms with Crippen LogP contribution in [0.15, 0.2) is 52.4 Å². The van der Waals surface area contributed by atoms with Crippen LogP contribution in [0.1, 0.15) is 17.2 Å². The van der Waals surface area contributed by atoms with Gasteiger partial charge in [0, 0.05) is 6.07 Å². The first kappa shape index (κ1) is 17.4. The molecule has 9 heteroatoms. The molecule has 0 bridgehead atoms. The monoisotopic (exact) mass is 380 g/mol. The average molecular weight is 381 g/mol. The van der Waals surface area contributed by atoms with E-state index in [1.807, 2.05) is 6.92 Å². The molecule has 0 N–H and O–H groups in total. The molecule has 0 fully saturated rings. The van der Waals surface area contributed by atoms with Crippen LogP contribution in [0.5, 0.6) is 0 Å². The zero-order valence-corrected chi connectivity index (χ0v) is 14.6. The van der Waals surface area contributed by atoms with Crippen LogP contribution in [-0.2, 0) is 14.6 Å². The zero-order valence-electron chi connectivity index (χ0n) is 13.0. The zero-order chi connectivity index (χ0) is 18.2. The van der Waals surface area contributed by atoms with Crippen LogP contribution in [-0.4, -0.2) is 25.1 Å². The molecule has 0 saturated heterocycles. The van der Waals surface area contributed by atoms with Gasteiger partial charge in [-0.25, -0.2) is 13.4 Å². The third-order valence-corrected chi connectivity index (χ3v) is 6.08. The van der Waals surface area contributed by atoms with E-state index in [0.717, 1.165) is 12.0 Å². The number of aryl methyl sites for hydroxylation is 1. The van der Waals surface area contributed by atoms with E-state index in [4.69, 9.17) is 16.3 Å². The summed E-state index contributed by atoms with van der Waals surface area (Å²) in [5, 5.41) is 9.58. The highest BCUT2D eigenvalue weighted by Crippen LogP contribution is 2.36. The molecule has 0 aromatic heterocycles. The quantitative estimate of drug-likeness (QED) is 0.597. The van der Waals surface area contributed by atoms with Crippen molar-refractivity contribution >= 4 is 33.5 Å². The summed E-state index contributed by atoms with van der Waals surface area (Å²) in [6.07, 6.45) is 0.153. The molecule has 0 aliphatic carbocycles. The molecule has 2 atom stereocenters. The van der Waals surface area contributed by atoms with E-state index in [2.05, 4.69) is 4.99 Å². The minimum atomic E-state index is -3.79. The van der Waals surface area contributed by atoms with Crippen LogP contribution >= 0.6 is 11.6 Å². The van der Waals surface area contributed by atoms with Crippen LogP contribution < -0.4 is 0 Å². The van der Waals surface area contributed by atoms with Crippen LogP contribution in [0.2, 0.25) is 5.02 Å². The molecule has 1 aliphatic rings. The van der Waals surface area contributed by atoms with Crippen molar-refractivity contribution < 1.29 is 18.1 Å². The number of hydrogen-bond acceptors (Lipinski definition) is 6.